The summed E-state index contributed by atoms with van der Waals surface area (Å²) in [6.45, 7) is 1.26. The molecule has 1 aliphatic carbocycles. The summed E-state index contributed by atoms with van der Waals surface area (Å²) in [7, 11) is 0. The Morgan fingerprint density at radius 3 is 2.18 bits per heavy atom. The first kappa shape index (κ1) is 16.6. The van der Waals surface area contributed by atoms with E-state index >= 15 is 0 Å². The van der Waals surface area contributed by atoms with E-state index in [-0.39, 0.29) is 0 Å². The summed E-state index contributed by atoms with van der Waals surface area (Å²) in [4.78, 5) is 35.2. The maximum Gasteiger partial charge on any atom is 0.314 e. The summed E-state index contributed by atoms with van der Waals surface area (Å²) >= 11 is 3.24. The van der Waals surface area contributed by atoms with E-state index in [1.165, 1.54) is 6.92 Å². The summed E-state index contributed by atoms with van der Waals surface area (Å²) in [5.41, 5.74) is -1.40. The monoisotopic (exact) mass is 370 g/mol. The molecule has 0 amide bonds. The van der Waals surface area contributed by atoms with Crippen molar-refractivity contribution in [1.29, 1.82) is 0 Å². The first-order valence-corrected chi connectivity index (χ1v) is 7.40. The number of hydrogen-bond acceptors (Lipinski definition) is 4. The van der Waals surface area contributed by atoms with Gasteiger partial charge in [-0.3, -0.25) is 14.4 Å². The molecular formula is C15H15BrO6. The van der Waals surface area contributed by atoms with Crippen LogP contribution in [0.25, 0.3) is 0 Å². The Hall–Kier alpha value is -1.73. The number of ketones is 1. The van der Waals surface area contributed by atoms with Gasteiger partial charge < -0.3 is 15.3 Å². The molecule has 0 radical (unpaired) electrons. The molecule has 7 heteroatoms. The minimum absolute atomic E-state index is 0.399. The largest absolute Gasteiger partial charge is 0.481 e. The van der Waals surface area contributed by atoms with E-state index in [1.54, 1.807) is 24.3 Å². The number of carboxylic acid groups (broad SMARTS) is 2. The molecule has 2 rings (SSSR count). The molecular weight excluding hydrogens is 356 g/mol. The minimum atomic E-state index is -1.80. The second-order valence-corrected chi connectivity index (χ2v) is 6.63. The maximum absolute atomic E-state index is 12.1. The Morgan fingerprint density at radius 1 is 1.18 bits per heavy atom. The molecule has 1 saturated carbocycles. The van der Waals surface area contributed by atoms with Crippen molar-refractivity contribution in [3.05, 3.63) is 34.3 Å². The summed E-state index contributed by atoms with van der Waals surface area (Å²) in [5, 5.41) is 29.2. The van der Waals surface area contributed by atoms with Crippen molar-refractivity contribution in [2.45, 2.75) is 24.9 Å². The van der Waals surface area contributed by atoms with Gasteiger partial charge in [0.1, 0.15) is 5.92 Å². The average molecular weight is 371 g/mol. The Labute approximate surface area is 134 Å². The second-order valence-electron chi connectivity index (χ2n) is 5.71. The van der Waals surface area contributed by atoms with Crippen molar-refractivity contribution in [3.63, 3.8) is 0 Å². The second kappa shape index (κ2) is 5.81. The van der Waals surface area contributed by atoms with Gasteiger partial charge in [0.25, 0.3) is 0 Å². The SMILES string of the molecule is CC1(O)CC(=O)C(C(=O)O)C(c2ccc(Br)cc2)C1C(=O)O. The lowest BCUT2D eigenvalue weighted by molar-refractivity contribution is -0.167. The Kier molecular flexibility index (Phi) is 4.39. The van der Waals surface area contributed by atoms with Crippen molar-refractivity contribution in [2.24, 2.45) is 11.8 Å². The number of carbonyl (C=O) groups is 3. The third-order valence-electron chi connectivity index (χ3n) is 4.05. The molecule has 0 bridgehead atoms. The van der Waals surface area contributed by atoms with Crippen LogP contribution in [0, 0.1) is 11.8 Å². The van der Waals surface area contributed by atoms with Gasteiger partial charge in [0.15, 0.2) is 5.78 Å². The van der Waals surface area contributed by atoms with Crippen molar-refractivity contribution in [1.82, 2.24) is 0 Å². The number of aliphatic hydroxyl groups is 1. The molecule has 118 valence electrons. The van der Waals surface area contributed by atoms with Gasteiger partial charge in [0.05, 0.1) is 11.5 Å². The van der Waals surface area contributed by atoms with Crippen molar-refractivity contribution >= 4 is 33.7 Å². The molecule has 1 fully saturated rings. The van der Waals surface area contributed by atoms with Crippen LogP contribution in [0.4, 0.5) is 0 Å². The highest BCUT2D eigenvalue weighted by atomic mass is 79.9. The highest BCUT2D eigenvalue weighted by Crippen LogP contribution is 2.46. The average Bonchev–Trinajstić information content (AvgIpc) is 2.36. The van der Waals surface area contributed by atoms with Gasteiger partial charge in [0.2, 0.25) is 0 Å². The third-order valence-corrected chi connectivity index (χ3v) is 4.58. The molecule has 1 aromatic rings. The maximum atomic E-state index is 12.1. The van der Waals surface area contributed by atoms with Gasteiger partial charge >= 0.3 is 11.9 Å². The van der Waals surface area contributed by atoms with Gasteiger partial charge in [-0.05, 0) is 24.6 Å². The fourth-order valence-corrected chi connectivity index (χ4v) is 3.40. The zero-order valence-electron chi connectivity index (χ0n) is 11.7. The molecule has 0 aliphatic heterocycles. The van der Waals surface area contributed by atoms with Gasteiger partial charge in [-0.1, -0.05) is 28.1 Å². The van der Waals surface area contributed by atoms with Crippen LogP contribution < -0.4 is 0 Å². The van der Waals surface area contributed by atoms with Gasteiger partial charge in [-0.25, -0.2) is 0 Å². The molecule has 1 aromatic carbocycles. The van der Waals surface area contributed by atoms with Crippen LogP contribution in [0.5, 0.6) is 0 Å². The molecule has 6 nitrogen and oxygen atoms in total. The number of carbonyl (C=O) groups excluding carboxylic acids is 1. The molecule has 1 aliphatic rings. The van der Waals surface area contributed by atoms with Gasteiger partial charge in [0, 0.05) is 16.8 Å². The van der Waals surface area contributed by atoms with Crippen LogP contribution in [0.2, 0.25) is 0 Å². The molecule has 4 atom stereocenters. The summed E-state index contributed by atoms with van der Waals surface area (Å²) in [6, 6.07) is 6.41. The van der Waals surface area contributed by atoms with Gasteiger partial charge in [-0.2, -0.15) is 0 Å². The minimum Gasteiger partial charge on any atom is -0.481 e. The number of aliphatic carboxylic acids is 2. The highest BCUT2D eigenvalue weighted by Gasteiger charge is 2.56. The molecule has 0 aromatic heterocycles. The number of hydrogen-bond donors (Lipinski definition) is 3. The normalized spacial score (nSPS) is 31.8. The van der Waals surface area contributed by atoms with Crippen LogP contribution in [0.1, 0.15) is 24.8 Å². The quantitative estimate of drug-likeness (QED) is 0.697. The van der Waals surface area contributed by atoms with Gasteiger partial charge in [-0.15, -0.1) is 0 Å². The zero-order chi connectivity index (χ0) is 16.7. The molecule has 22 heavy (non-hydrogen) atoms. The van der Waals surface area contributed by atoms with Crippen molar-refractivity contribution in [3.8, 4) is 0 Å². The number of carboxylic acids is 2. The first-order valence-electron chi connectivity index (χ1n) is 6.61. The number of Topliss-reactive ketones (excluding diaryl/α,β-unsaturated/α-hetero) is 1. The Morgan fingerprint density at radius 2 is 1.73 bits per heavy atom. The topological polar surface area (TPSA) is 112 Å². The van der Waals surface area contributed by atoms with Crippen LogP contribution in [0.15, 0.2) is 28.7 Å². The van der Waals surface area contributed by atoms with Crippen LogP contribution in [0.3, 0.4) is 0 Å². The number of halogens is 1. The van der Waals surface area contributed by atoms with Crippen LogP contribution >= 0.6 is 15.9 Å². The highest BCUT2D eigenvalue weighted by molar-refractivity contribution is 9.10. The molecule has 0 heterocycles. The number of benzene rings is 1. The standard InChI is InChI=1S/C15H15BrO6/c1-15(22)6-9(17)11(13(18)19)10(12(15)14(20)21)7-2-4-8(16)5-3-7/h2-5,10-12,22H,6H2,1H3,(H,18,19)(H,20,21). The van der Waals surface area contributed by atoms with E-state index in [4.69, 9.17) is 0 Å². The van der Waals surface area contributed by atoms with E-state index in [0.29, 0.717) is 5.56 Å². The van der Waals surface area contributed by atoms with Crippen LogP contribution in [-0.2, 0) is 14.4 Å². The number of rotatable bonds is 3. The lowest BCUT2D eigenvalue weighted by Crippen LogP contribution is -2.54. The lowest BCUT2D eigenvalue weighted by Gasteiger charge is -2.42. The summed E-state index contributed by atoms with van der Waals surface area (Å²) in [6.07, 6.45) is -0.492. The van der Waals surface area contributed by atoms with Crippen molar-refractivity contribution < 1.29 is 29.7 Å². The fourth-order valence-electron chi connectivity index (χ4n) is 3.13. The van der Waals surface area contributed by atoms with E-state index in [1.807, 2.05) is 0 Å². The Balaban J connectivity index is 2.61. The predicted octanol–water partition coefficient (Wildman–Crippen LogP) is 1.66. The Bertz CT molecular complexity index is 621. The first-order chi connectivity index (χ1) is 10.1. The predicted molar refractivity (Wildman–Crippen MR) is 79.4 cm³/mol. The molecule has 4 unspecified atom stereocenters. The third kappa shape index (κ3) is 2.91. The molecule has 0 saturated heterocycles. The summed E-state index contributed by atoms with van der Waals surface area (Å²) < 4.78 is 0.740. The lowest BCUT2D eigenvalue weighted by atomic mass is 9.62. The smallest absolute Gasteiger partial charge is 0.314 e. The summed E-state index contributed by atoms with van der Waals surface area (Å²) in [5.74, 6) is -7.35. The fraction of sp³-hybridized carbons (Fsp3) is 0.400. The van der Waals surface area contributed by atoms with Crippen LogP contribution in [-0.4, -0.2) is 38.6 Å². The van der Waals surface area contributed by atoms with Crippen molar-refractivity contribution in [2.75, 3.05) is 0 Å². The van der Waals surface area contributed by atoms with E-state index in [2.05, 4.69) is 15.9 Å². The zero-order valence-corrected chi connectivity index (χ0v) is 13.3. The molecule has 0 spiro atoms. The van der Waals surface area contributed by atoms with E-state index < -0.39 is 47.5 Å². The van der Waals surface area contributed by atoms with E-state index in [0.717, 1.165) is 4.47 Å². The van der Waals surface area contributed by atoms with E-state index in [9.17, 15) is 29.7 Å². The molecule has 3 N–H and O–H groups in total.